The molecule has 0 saturated carbocycles. The van der Waals surface area contributed by atoms with Crippen molar-refractivity contribution < 1.29 is 27.1 Å². The fourth-order valence-corrected chi connectivity index (χ4v) is 2.88. The van der Waals surface area contributed by atoms with Gasteiger partial charge in [0.1, 0.15) is 12.4 Å². The highest BCUT2D eigenvalue weighted by Gasteiger charge is 2.15. The summed E-state index contributed by atoms with van der Waals surface area (Å²) in [6, 6.07) is 8.52. The van der Waals surface area contributed by atoms with Gasteiger partial charge >= 0.3 is 5.97 Å². The molecule has 0 saturated heterocycles. The Kier molecular flexibility index (Phi) is 6.01. The summed E-state index contributed by atoms with van der Waals surface area (Å²) in [5.74, 6) is -2.80. The van der Waals surface area contributed by atoms with Crippen molar-refractivity contribution in [1.82, 2.24) is 4.72 Å². The van der Waals surface area contributed by atoms with Gasteiger partial charge in [0.25, 0.3) is 0 Å². The van der Waals surface area contributed by atoms with E-state index in [1.54, 1.807) is 6.92 Å². The number of carboxylic acid groups (broad SMARTS) is 1. The van der Waals surface area contributed by atoms with Crippen molar-refractivity contribution in [2.24, 2.45) is 5.10 Å². The topological polar surface area (TPSA) is 108 Å². The van der Waals surface area contributed by atoms with Crippen molar-refractivity contribution in [2.45, 2.75) is 11.8 Å². The number of carboxylic acids is 1. The normalized spacial score (nSPS) is 12.0. The highest BCUT2D eigenvalue weighted by molar-refractivity contribution is 7.89. The maximum absolute atomic E-state index is 13.5. The minimum atomic E-state index is -3.93. The zero-order valence-electron chi connectivity index (χ0n) is 13.5. The van der Waals surface area contributed by atoms with Crippen LogP contribution < -0.4 is 10.1 Å². The number of carbonyl (C=O) groups is 1. The largest absolute Gasteiger partial charge is 0.480 e. The Hall–Kier alpha value is -2.85. The number of anilines is 1. The van der Waals surface area contributed by atoms with Crippen LogP contribution in [0.3, 0.4) is 0 Å². The molecule has 2 aromatic carbocycles. The maximum Gasteiger partial charge on any atom is 0.318 e. The van der Waals surface area contributed by atoms with Gasteiger partial charge in [-0.05, 0) is 36.8 Å². The fourth-order valence-electron chi connectivity index (χ4n) is 1.90. The van der Waals surface area contributed by atoms with Crippen LogP contribution >= 0.6 is 0 Å². The standard InChI is InChI=1S/C16H15F2N3O4S/c1-10(20-21-15-7-4-12(17)8-14(15)18)11-2-5-13(6-3-11)26(24,25)19-9-16(22)23/h2-8,19,21H,9H2,1H3,(H,22,23)/b20-10-. The van der Waals surface area contributed by atoms with Gasteiger partial charge in [0.05, 0.1) is 16.3 Å². The number of benzene rings is 2. The Bertz CT molecular complexity index is 944. The van der Waals surface area contributed by atoms with E-state index in [0.29, 0.717) is 11.3 Å². The van der Waals surface area contributed by atoms with Crippen LogP contribution in [0, 0.1) is 11.6 Å². The van der Waals surface area contributed by atoms with Gasteiger partial charge in [-0.15, -0.1) is 0 Å². The molecule has 0 aliphatic heterocycles. The predicted octanol–water partition coefficient (Wildman–Crippen LogP) is 2.16. The first-order chi connectivity index (χ1) is 12.2. The molecule has 0 aliphatic carbocycles. The third-order valence-electron chi connectivity index (χ3n) is 3.27. The average molecular weight is 383 g/mol. The van der Waals surface area contributed by atoms with E-state index in [1.165, 1.54) is 30.3 Å². The van der Waals surface area contributed by atoms with E-state index in [4.69, 9.17) is 5.11 Å². The predicted molar refractivity (Wildman–Crippen MR) is 91.5 cm³/mol. The van der Waals surface area contributed by atoms with Crippen LogP contribution in [0.2, 0.25) is 0 Å². The third kappa shape index (κ3) is 5.07. The molecule has 0 atom stereocenters. The van der Waals surface area contributed by atoms with Crippen molar-refractivity contribution in [1.29, 1.82) is 0 Å². The number of hydrogen-bond donors (Lipinski definition) is 3. The molecular weight excluding hydrogens is 368 g/mol. The van der Waals surface area contributed by atoms with Gasteiger partial charge in [0.2, 0.25) is 10.0 Å². The highest BCUT2D eigenvalue weighted by Crippen LogP contribution is 2.16. The van der Waals surface area contributed by atoms with Crippen molar-refractivity contribution >= 4 is 27.4 Å². The van der Waals surface area contributed by atoms with Crippen molar-refractivity contribution in [2.75, 3.05) is 12.0 Å². The lowest BCUT2D eigenvalue weighted by Gasteiger charge is -2.07. The molecule has 138 valence electrons. The van der Waals surface area contributed by atoms with E-state index in [0.717, 1.165) is 12.1 Å². The van der Waals surface area contributed by atoms with E-state index in [1.807, 2.05) is 4.72 Å². The second-order valence-corrected chi connectivity index (χ2v) is 6.94. The number of sulfonamides is 1. The fraction of sp³-hybridized carbons (Fsp3) is 0.125. The van der Waals surface area contributed by atoms with Gasteiger partial charge in [0.15, 0.2) is 5.82 Å². The summed E-state index contributed by atoms with van der Waals surface area (Å²) in [7, 11) is -3.93. The van der Waals surface area contributed by atoms with E-state index in [9.17, 15) is 22.0 Å². The van der Waals surface area contributed by atoms with Gasteiger partial charge < -0.3 is 5.11 Å². The van der Waals surface area contributed by atoms with E-state index in [2.05, 4.69) is 10.5 Å². The first kappa shape index (κ1) is 19.5. The first-order valence-electron chi connectivity index (χ1n) is 7.26. The number of halogens is 2. The zero-order valence-corrected chi connectivity index (χ0v) is 14.3. The molecule has 0 aromatic heterocycles. The Morgan fingerprint density at radius 2 is 1.81 bits per heavy atom. The smallest absolute Gasteiger partial charge is 0.318 e. The molecule has 7 nitrogen and oxygen atoms in total. The molecule has 0 aliphatic rings. The Labute approximate surface area is 148 Å². The van der Waals surface area contributed by atoms with Crippen molar-refractivity contribution in [3.63, 3.8) is 0 Å². The van der Waals surface area contributed by atoms with Crippen molar-refractivity contribution in [3.8, 4) is 0 Å². The molecule has 0 fully saturated rings. The monoisotopic (exact) mass is 383 g/mol. The second kappa shape index (κ2) is 8.02. The van der Waals surface area contributed by atoms with Crippen LogP contribution in [-0.2, 0) is 14.8 Å². The summed E-state index contributed by atoms with van der Waals surface area (Å²) in [4.78, 5) is 10.4. The lowest BCUT2D eigenvalue weighted by molar-refractivity contribution is -0.135. The number of nitrogens with zero attached hydrogens (tertiary/aromatic N) is 1. The molecule has 0 heterocycles. The molecule has 0 bridgehead atoms. The Morgan fingerprint density at radius 1 is 1.15 bits per heavy atom. The first-order valence-corrected chi connectivity index (χ1v) is 8.74. The number of rotatable bonds is 7. The minimum Gasteiger partial charge on any atom is -0.480 e. The van der Waals surface area contributed by atoms with Gasteiger partial charge in [-0.1, -0.05) is 12.1 Å². The molecule has 3 N–H and O–H groups in total. The van der Waals surface area contributed by atoms with Crippen LogP contribution in [0.15, 0.2) is 52.5 Å². The van der Waals surface area contributed by atoms with Gasteiger partial charge in [-0.2, -0.15) is 9.82 Å². The molecule has 26 heavy (non-hydrogen) atoms. The van der Waals surface area contributed by atoms with Crippen LogP contribution in [-0.4, -0.2) is 31.8 Å². The quantitative estimate of drug-likeness (QED) is 0.502. The van der Waals surface area contributed by atoms with Gasteiger partial charge in [0, 0.05) is 6.07 Å². The zero-order chi connectivity index (χ0) is 19.3. The lowest BCUT2D eigenvalue weighted by atomic mass is 10.1. The SMILES string of the molecule is C/C(=N/Nc1ccc(F)cc1F)c1ccc(S(=O)(=O)NCC(=O)O)cc1. The molecule has 0 amide bonds. The van der Waals surface area contributed by atoms with E-state index < -0.39 is 34.2 Å². The van der Waals surface area contributed by atoms with Crippen LogP contribution in [0.5, 0.6) is 0 Å². The van der Waals surface area contributed by atoms with Crippen LogP contribution in [0.25, 0.3) is 0 Å². The van der Waals surface area contributed by atoms with E-state index >= 15 is 0 Å². The number of aliphatic carboxylic acids is 1. The number of hydrogen-bond acceptors (Lipinski definition) is 5. The summed E-state index contributed by atoms with van der Waals surface area (Å²) in [5, 5.41) is 12.5. The Balaban J connectivity index is 2.12. The molecule has 0 spiro atoms. The molecule has 0 radical (unpaired) electrons. The summed E-state index contributed by atoms with van der Waals surface area (Å²) in [5.41, 5.74) is 3.44. The average Bonchev–Trinajstić information content (AvgIpc) is 2.59. The highest BCUT2D eigenvalue weighted by atomic mass is 32.2. The van der Waals surface area contributed by atoms with Gasteiger partial charge in [-0.25, -0.2) is 17.2 Å². The second-order valence-electron chi connectivity index (χ2n) is 5.18. The van der Waals surface area contributed by atoms with Crippen molar-refractivity contribution in [3.05, 3.63) is 59.7 Å². The lowest BCUT2D eigenvalue weighted by Crippen LogP contribution is -2.29. The number of nitrogens with one attached hydrogen (secondary N) is 2. The van der Waals surface area contributed by atoms with Gasteiger partial charge in [-0.3, -0.25) is 10.2 Å². The number of hydrazone groups is 1. The molecular formula is C16H15F2N3O4S. The summed E-state index contributed by atoms with van der Waals surface area (Å²) in [6.45, 7) is 0.887. The minimum absolute atomic E-state index is 0.0113. The summed E-state index contributed by atoms with van der Waals surface area (Å²) in [6.07, 6.45) is 0. The van der Waals surface area contributed by atoms with Crippen LogP contribution in [0.1, 0.15) is 12.5 Å². The summed E-state index contributed by atoms with van der Waals surface area (Å²) >= 11 is 0. The Morgan fingerprint density at radius 3 is 2.38 bits per heavy atom. The maximum atomic E-state index is 13.5. The molecule has 2 rings (SSSR count). The van der Waals surface area contributed by atoms with Crippen LogP contribution in [0.4, 0.5) is 14.5 Å². The molecule has 2 aromatic rings. The molecule has 10 heteroatoms. The molecule has 0 unspecified atom stereocenters. The summed E-state index contributed by atoms with van der Waals surface area (Å²) < 4.78 is 52.1. The van der Waals surface area contributed by atoms with E-state index in [-0.39, 0.29) is 10.6 Å². The third-order valence-corrected chi connectivity index (χ3v) is 4.69.